The second-order valence-electron chi connectivity index (χ2n) is 9.17. The van der Waals surface area contributed by atoms with Gasteiger partial charge in [0.25, 0.3) is 0 Å². The Labute approximate surface area is 161 Å². The number of likely N-dealkylation sites (tertiary alicyclic amines) is 1. The maximum absolute atomic E-state index is 13.4. The van der Waals surface area contributed by atoms with E-state index < -0.39 is 18.0 Å². The van der Waals surface area contributed by atoms with Crippen LogP contribution in [-0.2, 0) is 4.79 Å². The number of piperidine rings is 1. The van der Waals surface area contributed by atoms with E-state index in [-0.39, 0.29) is 18.4 Å². The van der Waals surface area contributed by atoms with E-state index in [1.165, 1.54) is 25.7 Å². The fourth-order valence-electron chi connectivity index (χ4n) is 5.51. The summed E-state index contributed by atoms with van der Waals surface area (Å²) < 4.78 is 40.1. The Kier molecular flexibility index (Phi) is 6.75. The standard InChI is InChI=1S/C21H35F3N2O/c1-15-7-9-17(10-8-15)26-13-11-16(12-14-26)25(2)20(27)18-5-3-4-6-19(18)21(22,23)24/h15-19H,3-14H2,1-2H3/t15?,17?,18-,19+/m0/s1. The fraction of sp³-hybridized carbons (Fsp3) is 0.952. The molecule has 27 heavy (non-hydrogen) atoms. The number of amides is 1. The van der Waals surface area contributed by atoms with Crippen LogP contribution in [0.1, 0.15) is 71.1 Å². The van der Waals surface area contributed by atoms with E-state index >= 15 is 0 Å². The van der Waals surface area contributed by atoms with E-state index in [0.29, 0.717) is 18.9 Å². The number of halogens is 3. The number of carbonyl (C=O) groups is 1. The summed E-state index contributed by atoms with van der Waals surface area (Å²) >= 11 is 0. The van der Waals surface area contributed by atoms with Gasteiger partial charge in [-0.2, -0.15) is 13.2 Å². The van der Waals surface area contributed by atoms with Gasteiger partial charge in [0.15, 0.2) is 0 Å². The van der Waals surface area contributed by atoms with Crippen LogP contribution in [0.3, 0.4) is 0 Å². The molecule has 0 aromatic carbocycles. The van der Waals surface area contributed by atoms with Gasteiger partial charge in [0, 0.05) is 38.1 Å². The van der Waals surface area contributed by atoms with Crippen molar-refractivity contribution in [2.75, 3.05) is 20.1 Å². The van der Waals surface area contributed by atoms with Gasteiger partial charge in [0.05, 0.1) is 5.92 Å². The first kappa shape index (κ1) is 20.9. The molecule has 1 saturated heterocycles. The van der Waals surface area contributed by atoms with Crippen LogP contribution in [0.2, 0.25) is 0 Å². The Hall–Kier alpha value is -0.780. The summed E-state index contributed by atoms with van der Waals surface area (Å²) in [7, 11) is 1.73. The molecule has 0 aromatic rings. The smallest absolute Gasteiger partial charge is 0.342 e. The van der Waals surface area contributed by atoms with E-state index in [9.17, 15) is 18.0 Å². The van der Waals surface area contributed by atoms with Crippen molar-refractivity contribution in [1.29, 1.82) is 0 Å². The van der Waals surface area contributed by atoms with Crippen molar-refractivity contribution in [3.63, 3.8) is 0 Å². The SMILES string of the molecule is CC1CCC(N2CCC(N(C)C(=O)[C@H]3CCCC[C@H]3C(F)(F)F)CC2)CC1. The first-order valence-electron chi connectivity index (χ1n) is 10.8. The van der Waals surface area contributed by atoms with Gasteiger partial charge < -0.3 is 9.80 Å². The molecule has 156 valence electrons. The quantitative estimate of drug-likeness (QED) is 0.690. The Morgan fingerprint density at radius 3 is 2.11 bits per heavy atom. The maximum Gasteiger partial charge on any atom is 0.392 e. The minimum absolute atomic E-state index is 0.0899. The van der Waals surface area contributed by atoms with Gasteiger partial charge in [-0.25, -0.2) is 0 Å². The normalized spacial score (nSPS) is 34.4. The van der Waals surface area contributed by atoms with Gasteiger partial charge in [0.1, 0.15) is 0 Å². The van der Waals surface area contributed by atoms with Crippen LogP contribution >= 0.6 is 0 Å². The summed E-state index contributed by atoms with van der Waals surface area (Å²) in [6, 6.07) is 0.753. The molecular weight excluding hydrogens is 353 g/mol. The van der Waals surface area contributed by atoms with Crippen LogP contribution in [-0.4, -0.2) is 54.1 Å². The van der Waals surface area contributed by atoms with Crippen molar-refractivity contribution >= 4 is 5.91 Å². The lowest BCUT2D eigenvalue weighted by Gasteiger charge is -2.43. The number of alkyl halides is 3. The summed E-state index contributed by atoms with van der Waals surface area (Å²) in [6.45, 7) is 4.26. The lowest BCUT2D eigenvalue weighted by molar-refractivity contribution is -0.201. The third kappa shape index (κ3) is 4.99. The molecule has 0 unspecified atom stereocenters. The molecule has 2 aliphatic carbocycles. The molecule has 0 radical (unpaired) electrons. The van der Waals surface area contributed by atoms with Gasteiger partial charge in [-0.05, 0) is 57.3 Å². The monoisotopic (exact) mass is 388 g/mol. The molecular formula is C21H35F3N2O. The largest absolute Gasteiger partial charge is 0.392 e. The minimum atomic E-state index is -4.26. The molecule has 1 aliphatic heterocycles. The van der Waals surface area contributed by atoms with E-state index in [1.54, 1.807) is 11.9 Å². The van der Waals surface area contributed by atoms with Crippen molar-refractivity contribution < 1.29 is 18.0 Å². The first-order chi connectivity index (χ1) is 12.8. The average Bonchev–Trinajstić information content (AvgIpc) is 2.67. The van der Waals surface area contributed by atoms with Crippen LogP contribution in [0.25, 0.3) is 0 Å². The van der Waals surface area contributed by atoms with E-state index in [4.69, 9.17) is 0 Å². The fourth-order valence-corrected chi connectivity index (χ4v) is 5.51. The van der Waals surface area contributed by atoms with Crippen molar-refractivity contribution in [2.45, 2.75) is 89.4 Å². The first-order valence-corrected chi connectivity index (χ1v) is 10.8. The molecule has 0 N–H and O–H groups in total. The Balaban J connectivity index is 1.53. The summed E-state index contributed by atoms with van der Waals surface area (Å²) in [5, 5.41) is 0. The lowest BCUT2D eigenvalue weighted by atomic mass is 9.77. The van der Waals surface area contributed by atoms with Crippen molar-refractivity contribution in [3.05, 3.63) is 0 Å². The van der Waals surface area contributed by atoms with Crippen LogP contribution in [0, 0.1) is 17.8 Å². The highest BCUT2D eigenvalue weighted by Gasteiger charge is 2.49. The van der Waals surface area contributed by atoms with Gasteiger partial charge >= 0.3 is 6.18 Å². The summed E-state index contributed by atoms with van der Waals surface area (Å²) in [5.41, 5.74) is 0. The summed E-state index contributed by atoms with van der Waals surface area (Å²) in [6.07, 6.45) is 4.42. The molecule has 1 heterocycles. The zero-order chi connectivity index (χ0) is 19.6. The number of nitrogens with zero attached hydrogens (tertiary/aromatic N) is 2. The third-order valence-corrected chi connectivity index (χ3v) is 7.40. The minimum Gasteiger partial charge on any atom is -0.342 e. The molecule has 2 atom stereocenters. The Morgan fingerprint density at radius 1 is 0.926 bits per heavy atom. The average molecular weight is 389 g/mol. The predicted octanol–water partition coefficient (Wildman–Crippen LogP) is 4.86. The second-order valence-corrected chi connectivity index (χ2v) is 9.17. The predicted molar refractivity (Wildman–Crippen MR) is 100 cm³/mol. The Morgan fingerprint density at radius 2 is 1.52 bits per heavy atom. The highest BCUT2D eigenvalue weighted by atomic mass is 19.4. The van der Waals surface area contributed by atoms with Crippen molar-refractivity contribution in [3.8, 4) is 0 Å². The topological polar surface area (TPSA) is 23.6 Å². The van der Waals surface area contributed by atoms with E-state index in [0.717, 1.165) is 38.3 Å². The summed E-state index contributed by atoms with van der Waals surface area (Å²) in [4.78, 5) is 17.1. The van der Waals surface area contributed by atoms with Crippen molar-refractivity contribution in [2.24, 2.45) is 17.8 Å². The van der Waals surface area contributed by atoms with Crippen molar-refractivity contribution in [1.82, 2.24) is 9.80 Å². The molecule has 2 saturated carbocycles. The molecule has 1 amide bonds. The second kappa shape index (κ2) is 8.71. The molecule has 3 nitrogen and oxygen atoms in total. The molecule has 0 spiro atoms. The van der Waals surface area contributed by atoms with Crippen LogP contribution in [0.4, 0.5) is 13.2 Å². The van der Waals surface area contributed by atoms with Crippen LogP contribution < -0.4 is 0 Å². The van der Waals surface area contributed by atoms with Gasteiger partial charge in [0.2, 0.25) is 5.91 Å². The molecule has 0 bridgehead atoms. The van der Waals surface area contributed by atoms with Crippen LogP contribution in [0.15, 0.2) is 0 Å². The number of hydrogen-bond acceptors (Lipinski definition) is 2. The van der Waals surface area contributed by atoms with E-state index in [1.807, 2.05) is 0 Å². The number of rotatable bonds is 3. The molecule has 3 fully saturated rings. The molecule has 3 rings (SSSR count). The number of hydrogen-bond donors (Lipinski definition) is 0. The maximum atomic E-state index is 13.4. The third-order valence-electron chi connectivity index (χ3n) is 7.40. The zero-order valence-corrected chi connectivity index (χ0v) is 16.8. The van der Waals surface area contributed by atoms with Gasteiger partial charge in [-0.3, -0.25) is 4.79 Å². The molecule has 0 aromatic heterocycles. The Bertz CT molecular complexity index is 494. The van der Waals surface area contributed by atoms with E-state index in [2.05, 4.69) is 11.8 Å². The zero-order valence-electron chi connectivity index (χ0n) is 16.8. The van der Waals surface area contributed by atoms with Gasteiger partial charge in [-0.1, -0.05) is 19.8 Å². The highest BCUT2D eigenvalue weighted by molar-refractivity contribution is 5.79. The molecule has 6 heteroatoms. The summed E-state index contributed by atoms with van der Waals surface area (Å²) in [5.74, 6) is -1.77. The van der Waals surface area contributed by atoms with Crippen LogP contribution in [0.5, 0.6) is 0 Å². The highest BCUT2D eigenvalue weighted by Crippen LogP contribution is 2.42. The number of carbonyl (C=O) groups excluding carboxylic acids is 1. The van der Waals surface area contributed by atoms with Gasteiger partial charge in [-0.15, -0.1) is 0 Å². The lowest BCUT2D eigenvalue weighted by Crippen LogP contribution is -2.52. The molecule has 3 aliphatic rings.